The van der Waals surface area contributed by atoms with Crippen LogP contribution in [0.2, 0.25) is 5.28 Å². The summed E-state index contributed by atoms with van der Waals surface area (Å²) in [6.07, 6.45) is 0. The number of halogens is 1. The molecule has 0 atom stereocenters. The molecule has 1 aromatic heterocycles. The average Bonchev–Trinajstić information content (AvgIpc) is 2.15. The van der Waals surface area contributed by atoms with Crippen molar-refractivity contribution in [2.45, 2.75) is 40.2 Å². The van der Waals surface area contributed by atoms with Crippen molar-refractivity contribution in [2.24, 2.45) is 0 Å². The molecular weight excluding hydrogens is 240 g/mol. The van der Waals surface area contributed by atoms with Gasteiger partial charge in [-0.1, -0.05) is 0 Å². The predicted octanol–water partition coefficient (Wildman–Crippen LogP) is 2.55. The third-order valence-electron chi connectivity index (χ3n) is 2.02. The SMILES string of the molecule is CCN(CC)c1nc(Cl)nc(OC(C)(C)C)n1. The topological polar surface area (TPSA) is 51.1 Å². The van der Waals surface area contributed by atoms with Gasteiger partial charge in [0.1, 0.15) is 5.60 Å². The molecule has 0 bridgehead atoms. The van der Waals surface area contributed by atoms with Crippen LogP contribution in [0.3, 0.4) is 0 Å². The fraction of sp³-hybridized carbons (Fsp3) is 0.727. The van der Waals surface area contributed by atoms with E-state index >= 15 is 0 Å². The van der Waals surface area contributed by atoms with Crippen molar-refractivity contribution in [3.05, 3.63) is 5.28 Å². The van der Waals surface area contributed by atoms with Crippen LogP contribution in [0, 0.1) is 0 Å². The van der Waals surface area contributed by atoms with Crippen LogP contribution in [0.25, 0.3) is 0 Å². The van der Waals surface area contributed by atoms with Gasteiger partial charge in [0.15, 0.2) is 0 Å². The Morgan fingerprint density at radius 1 is 1.12 bits per heavy atom. The maximum atomic E-state index is 5.87. The summed E-state index contributed by atoms with van der Waals surface area (Å²) in [4.78, 5) is 14.3. The lowest BCUT2D eigenvalue weighted by atomic mass is 10.2. The predicted molar refractivity (Wildman–Crippen MR) is 68.8 cm³/mol. The summed E-state index contributed by atoms with van der Waals surface area (Å²) < 4.78 is 5.59. The first-order valence-electron chi connectivity index (χ1n) is 5.71. The van der Waals surface area contributed by atoms with Crippen LogP contribution in [0.5, 0.6) is 6.01 Å². The highest BCUT2D eigenvalue weighted by Crippen LogP contribution is 2.18. The van der Waals surface area contributed by atoms with E-state index in [2.05, 4.69) is 15.0 Å². The maximum absolute atomic E-state index is 5.87. The largest absolute Gasteiger partial charge is 0.458 e. The molecule has 0 aromatic carbocycles. The summed E-state index contributed by atoms with van der Waals surface area (Å²) in [7, 11) is 0. The standard InChI is InChI=1S/C11H19ClN4O/c1-6-16(7-2)9-13-8(12)14-10(15-9)17-11(3,4)5/h6-7H2,1-5H3. The Hall–Kier alpha value is -1.10. The van der Waals surface area contributed by atoms with Crippen molar-refractivity contribution in [3.63, 3.8) is 0 Å². The Bertz CT molecular complexity index is 374. The monoisotopic (exact) mass is 258 g/mol. The molecule has 0 aliphatic rings. The maximum Gasteiger partial charge on any atom is 0.323 e. The molecule has 0 aliphatic heterocycles. The van der Waals surface area contributed by atoms with E-state index in [1.807, 2.05) is 39.5 Å². The fourth-order valence-corrected chi connectivity index (χ4v) is 1.44. The molecule has 5 nitrogen and oxygen atoms in total. The van der Waals surface area contributed by atoms with Gasteiger partial charge < -0.3 is 9.64 Å². The Morgan fingerprint density at radius 2 is 1.71 bits per heavy atom. The molecule has 96 valence electrons. The van der Waals surface area contributed by atoms with Crippen LogP contribution in [-0.4, -0.2) is 33.6 Å². The van der Waals surface area contributed by atoms with Crippen molar-refractivity contribution in [1.29, 1.82) is 0 Å². The van der Waals surface area contributed by atoms with Gasteiger partial charge in [-0.15, -0.1) is 0 Å². The lowest BCUT2D eigenvalue weighted by molar-refractivity contribution is 0.116. The lowest BCUT2D eigenvalue weighted by Gasteiger charge is -2.22. The summed E-state index contributed by atoms with van der Waals surface area (Å²) in [5, 5.41) is 0.154. The van der Waals surface area contributed by atoms with E-state index in [1.165, 1.54) is 0 Å². The summed E-state index contributed by atoms with van der Waals surface area (Å²) >= 11 is 5.87. The van der Waals surface area contributed by atoms with Gasteiger partial charge in [0, 0.05) is 13.1 Å². The molecule has 6 heteroatoms. The van der Waals surface area contributed by atoms with Crippen molar-refractivity contribution in [2.75, 3.05) is 18.0 Å². The van der Waals surface area contributed by atoms with E-state index < -0.39 is 0 Å². The van der Waals surface area contributed by atoms with Crippen molar-refractivity contribution in [3.8, 4) is 6.01 Å². The van der Waals surface area contributed by atoms with Gasteiger partial charge in [-0.25, -0.2) is 0 Å². The summed E-state index contributed by atoms with van der Waals surface area (Å²) in [5.41, 5.74) is -0.356. The normalized spacial score (nSPS) is 11.4. The summed E-state index contributed by atoms with van der Waals surface area (Å²) in [6.45, 7) is 11.5. The molecule has 1 heterocycles. The van der Waals surface area contributed by atoms with Gasteiger partial charge in [0.2, 0.25) is 11.2 Å². The minimum Gasteiger partial charge on any atom is -0.458 e. The fourth-order valence-electron chi connectivity index (χ4n) is 1.29. The Kier molecular flexibility index (Phi) is 4.51. The average molecular weight is 259 g/mol. The highest BCUT2D eigenvalue weighted by atomic mass is 35.5. The number of hydrogen-bond donors (Lipinski definition) is 0. The molecule has 0 N–H and O–H groups in total. The number of anilines is 1. The molecule has 17 heavy (non-hydrogen) atoms. The first-order chi connectivity index (χ1) is 7.85. The van der Waals surface area contributed by atoms with E-state index in [-0.39, 0.29) is 16.9 Å². The molecule has 0 spiro atoms. The summed E-state index contributed by atoms with van der Waals surface area (Å²) in [5.74, 6) is 0.550. The quantitative estimate of drug-likeness (QED) is 0.831. The van der Waals surface area contributed by atoms with Crippen LogP contribution in [0.1, 0.15) is 34.6 Å². The van der Waals surface area contributed by atoms with E-state index in [0.717, 1.165) is 13.1 Å². The van der Waals surface area contributed by atoms with E-state index in [4.69, 9.17) is 16.3 Å². The second-order valence-electron chi connectivity index (χ2n) is 4.57. The highest BCUT2D eigenvalue weighted by molar-refractivity contribution is 6.28. The summed E-state index contributed by atoms with van der Waals surface area (Å²) in [6, 6.07) is 0.263. The van der Waals surface area contributed by atoms with Gasteiger partial charge in [-0.05, 0) is 46.2 Å². The molecule has 0 aliphatic carbocycles. The molecule has 0 unspecified atom stereocenters. The molecule has 0 amide bonds. The van der Waals surface area contributed by atoms with E-state index in [1.54, 1.807) is 0 Å². The third kappa shape index (κ3) is 4.34. The molecule has 0 saturated carbocycles. The molecular formula is C11H19ClN4O. The minimum atomic E-state index is -0.356. The number of aromatic nitrogens is 3. The Balaban J connectivity index is 3.01. The Labute approximate surface area is 107 Å². The lowest BCUT2D eigenvalue weighted by Crippen LogP contribution is -2.27. The first-order valence-corrected chi connectivity index (χ1v) is 6.09. The van der Waals surface area contributed by atoms with Crippen molar-refractivity contribution in [1.82, 2.24) is 15.0 Å². The zero-order chi connectivity index (χ0) is 13.1. The minimum absolute atomic E-state index is 0.154. The van der Waals surface area contributed by atoms with Crippen molar-refractivity contribution < 1.29 is 4.74 Å². The van der Waals surface area contributed by atoms with Gasteiger partial charge in [0.05, 0.1) is 0 Å². The van der Waals surface area contributed by atoms with Gasteiger partial charge >= 0.3 is 6.01 Å². The third-order valence-corrected chi connectivity index (χ3v) is 2.19. The van der Waals surface area contributed by atoms with E-state index in [0.29, 0.717) is 5.95 Å². The van der Waals surface area contributed by atoms with Crippen LogP contribution >= 0.6 is 11.6 Å². The molecule has 1 aromatic rings. The second-order valence-corrected chi connectivity index (χ2v) is 4.91. The van der Waals surface area contributed by atoms with E-state index in [9.17, 15) is 0 Å². The van der Waals surface area contributed by atoms with Crippen LogP contribution in [0.4, 0.5) is 5.95 Å². The number of rotatable bonds is 4. The van der Waals surface area contributed by atoms with Crippen LogP contribution in [-0.2, 0) is 0 Å². The van der Waals surface area contributed by atoms with Gasteiger partial charge in [0.25, 0.3) is 0 Å². The first kappa shape index (κ1) is 14.0. The zero-order valence-corrected chi connectivity index (χ0v) is 11.7. The van der Waals surface area contributed by atoms with Crippen LogP contribution < -0.4 is 9.64 Å². The molecule has 0 radical (unpaired) electrons. The number of nitrogens with zero attached hydrogens (tertiary/aromatic N) is 4. The van der Waals surface area contributed by atoms with Gasteiger partial charge in [-0.2, -0.15) is 15.0 Å². The smallest absolute Gasteiger partial charge is 0.323 e. The molecule has 0 saturated heterocycles. The van der Waals surface area contributed by atoms with Crippen LogP contribution in [0.15, 0.2) is 0 Å². The van der Waals surface area contributed by atoms with Crippen molar-refractivity contribution >= 4 is 17.5 Å². The zero-order valence-electron chi connectivity index (χ0n) is 11.0. The van der Waals surface area contributed by atoms with Gasteiger partial charge in [-0.3, -0.25) is 0 Å². The number of ether oxygens (including phenoxy) is 1. The highest BCUT2D eigenvalue weighted by Gasteiger charge is 2.17. The molecule has 1 rings (SSSR count). The number of hydrogen-bond acceptors (Lipinski definition) is 5. The second kappa shape index (κ2) is 5.49. The Morgan fingerprint density at radius 3 is 2.18 bits per heavy atom. The molecule has 0 fully saturated rings.